The lowest BCUT2D eigenvalue weighted by molar-refractivity contribution is -0.137. The van der Waals surface area contributed by atoms with Crippen molar-refractivity contribution in [1.29, 1.82) is 0 Å². The maximum atomic E-state index is 12.4. The Balaban J connectivity index is 1.57. The van der Waals surface area contributed by atoms with Gasteiger partial charge in [0.15, 0.2) is 0 Å². The average molecular weight is 381 g/mol. The van der Waals surface area contributed by atoms with Gasteiger partial charge in [0.2, 0.25) is 0 Å². The summed E-state index contributed by atoms with van der Waals surface area (Å²) >= 11 is 0. The molecule has 146 valence electrons. The van der Waals surface area contributed by atoms with E-state index in [4.69, 9.17) is 9.47 Å². The van der Waals surface area contributed by atoms with Crippen LogP contribution in [-0.4, -0.2) is 49.8 Å². The van der Waals surface area contributed by atoms with Crippen LogP contribution in [0.15, 0.2) is 48.7 Å². The number of benzene rings is 1. The van der Waals surface area contributed by atoms with E-state index in [2.05, 4.69) is 15.2 Å². The lowest BCUT2D eigenvalue weighted by Crippen LogP contribution is -2.36. The van der Waals surface area contributed by atoms with E-state index in [-0.39, 0.29) is 11.9 Å². The first-order valence-electron chi connectivity index (χ1n) is 9.20. The molecule has 7 nitrogen and oxygen atoms in total. The fraction of sp³-hybridized carbons (Fsp3) is 0.286. The van der Waals surface area contributed by atoms with Crippen LogP contribution < -0.4 is 10.2 Å². The van der Waals surface area contributed by atoms with E-state index < -0.39 is 0 Å². The van der Waals surface area contributed by atoms with E-state index in [0.29, 0.717) is 31.1 Å². The summed E-state index contributed by atoms with van der Waals surface area (Å²) in [7, 11) is 0. The normalized spacial score (nSPS) is 14.1. The van der Waals surface area contributed by atoms with Crippen molar-refractivity contribution in [2.45, 2.75) is 6.92 Å². The molecule has 1 aromatic carbocycles. The van der Waals surface area contributed by atoms with E-state index >= 15 is 0 Å². The fourth-order valence-corrected chi connectivity index (χ4v) is 2.74. The van der Waals surface area contributed by atoms with Crippen LogP contribution in [0.25, 0.3) is 6.08 Å². The van der Waals surface area contributed by atoms with Crippen LogP contribution in [0, 0.1) is 0 Å². The molecule has 0 aliphatic carbocycles. The molecule has 1 aromatic heterocycles. The molecule has 2 aromatic rings. The third-order valence-electron chi connectivity index (χ3n) is 4.21. The maximum Gasteiger partial charge on any atom is 0.330 e. The van der Waals surface area contributed by atoms with Crippen molar-refractivity contribution in [2.75, 3.05) is 43.1 Å². The van der Waals surface area contributed by atoms with Gasteiger partial charge >= 0.3 is 5.97 Å². The largest absolute Gasteiger partial charge is 0.463 e. The number of anilines is 2. The number of hydrogen-bond acceptors (Lipinski definition) is 6. The van der Waals surface area contributed by atoms with Crippen LogP contribution in [0.4, 0.5) is 11.5 Å². The summed E-state index contributed by atoms with van der Waals surface area (Å²) in [6, 6.07) is 10.8. The van der Waals surface area contributed by atoms with Crippen molar-refractivity contribution in [3.8, 4) is 0 Å². The molecule has 28 heavy (non-hydrogen) atoms. The van der Waals surface area contributed by atoms with Gasteiger partial charge in [-0.3, -0.25) is 4.79 Å². The van der Waals surface area contributed by atoms with Crippen molar-refractivity contribution in [3.05, 3.63) is 59.8 Å². The fourth-order valence-electron chi connectivity index (χ4n) is 2.74. The highest BCUT2D eigenvalue weighted by Crippen LogP contribution is 2.15. The molecule has 7 heteroatoms. The lowest BCUT2D eigenvalue weighted by Gasteiger charge is -2.27. The number of ether oxygens (including phenoxy) is 2. The number of pyridine rings is 1. The first kappa shape index (κ1) is 19.6. The third-order valence-corrected chi connectivity index (χ3v) is 4.21. The smallest absolute Gasteiger partial charge is 0.330 e. The molecule has 1 fully saturated rings. The SMILES string of the molecule is CCOC(=O)/C=C/c1ccc(NC(=O)c2ccc(N3CCOCC3)nc2)cc1. The van der Waals surface area contributed by atoms with Gasteiger partial charge in [0.25, 0.3) is 5.91 Å². The second-order valence-electron chi connectivity index (χ2n) is 6.17. The van der Waals surface area contributed by atoms with Crippen molar-refractivity contribution in [1.82, 2.24) is 4.98 Å². The molecule has 1 aliphatic rings. The van der Waals surface area contributed by atoms with Crippen LogP contribution in [-0.2, 0) is 14.3 Å². The Bertz CT molecular complexity index is 826. The number of amides is 1. The summed E-state index contributed by atoms with van der Waals surface area (Å²) in [6.07, 6.45) is 4.62. The van der Waals surface area contributed by atoms with Crippen molar-refractivity contribution in [2.24, 2.45) is 0 Å². The number of aromatic nitrogens is 1. The molecule has 0 atom stereocenters. The molecule has 1 N–H and O–H groups in total. The molecular formula is C21H23N3O4. The first-order chi connectivity index (χ1) is 13.7. The molecule has 3 rings (SSSR count). The van der Waals surface area contributed by atoms with Crippen molar-refractivity contribution in [3.63, 3.8) is 0 Å². The number of nitrogens with zero attached hydrogens (tertiary/aromatic N) is 2. The number of rotatable bonds is 6. The topological polar surface area (TPSA) is 80.8 Å². The quantitative estimate of drug-likeness (QED) is 0.612. The molecule has 1 aliphatic heterocycles. The highest BCUT2D eigenvalue weighted by atomic mass is 16.5. The maximum absolute atomic E-state index is 12.4. The molecule has 0 spiro atoms. The summed E-state index contributed by atoms with van der Waals surface area (Å²) in [6.45, 7) is 5.08. The van der Waals surface area contributed by atoms with Gasteiger partial charge in [-0.1, -0.05) is 12.1 Å². The Hall–Kier alpha value is -3.19. The number of hydrogen-bond donors (Lipinski definition) is 1. The molecule has 1 saturated heterocycles. The Morgan fingerprint density at radius 3 is 2.57 bits per heavy atom. The third kappa shape index (κ3) is 5.40. The van der Waals surface area contributed by atoms with Crippen molar-refractivity contribution < 1.29 is 19.1 Å². The van der Waals surface area contributed by atoms with Crippen LogP contribution >= 0.6 is 0 Å². The highest BCUT2D eigenvalue weighted by molar-refractivity contribution is 6.04. The van der Waals surface area contributed by atoms with Crippen LogP contribution in [0.5, 0.6) is 0 Å². The lowest BCUT2D eigenvalue weighted by atomic mass is 10.2. The minimum absolute atomic E-state index is 0.226. The van der Waals surface area contributed by atoms with Gasteiger partial charge in [-0.2, -0.15) is 0 Å². The van der Waals surface area contributed by atoms with E-state index in [1.54, 1.807) is 37.4 Å². The first-order valence-corrected chi connectivity index (χ1v) is 9.20. The minimum atomic E-state index is -0.382. The molecular weight excluding hydrogens is 358 g/mol. The van der Waals surface area contributed by atoms with E-state index in [9.17, 15) is 9.59 Å². The predicted molar refractivity (Wildman–Crippen MR) is 107 cm³/mol. The number of nitrogens with one attached hydrogen (secondary N) is 1. The van der Waals surface area contributed by atoms with Crippen molar-refractivity contribution >= 4 is 29.5 Å². The van der Waals surface area contributed by atoms with Gasteiger partial charge in [-0.05, 0) is 42.8 Å². The summed E-state index contributed by atoms with van der Waals surface area (Å²) in [5.41, 5.74) is 1.99. The van der Waals surface area contributed by atoms with Gasteiger partial charge in [0, 0.05) is 31.0 Å². The van der Waals surface area contributed by atoms with Gasteiger partial charge < -0.3 is 19.7 Å². The van der Waals surface area contributed by atoms with E-state index in [0.717, 1.165) is 24.5 Å². The van der Waals surface area contributed by atoms with Gasteiger partial charge in [0.1, 0.15) is 5.82 Å². The minimum Gasteiger partial charge on any atom is -0.463 e. The Morgan fingerprint density at radius 1 is 1.18 bits per heavy atom. The van der Waals surface area contributed by atoms with Crippen LogP contribution in [0.2, 0.25) is 0 Å². The molecule has 2 heterocycles. The summed E-state index contributed by atoms with van der Waals surface area (Å²) in [5, 5.41) is 2.84. The second-order valence-corrected chi connectivity index (χ2v) is 6.17. The summed E-state index contributed by atoms with van der Waals surface area (Å²) < 4.78 is 10.2. The summed E-state index contributed by atoms with van der Waals surface area (Å²) in [4.78, 5) is 30.3. The summed E-state index contributed by atoms with van der Waals surface area (Å²) in [5.74, 6) is 0.237. The Morgan fingerprint density at radius 2 is 1.93 bits per heavy atom. The highest BCUT2D eigenvalue weighted by Gasteiger charge is 2.13. The number of carbonyl (C=O) groups excluding carboxylic acids is 2. The van der Waals surface area contributed by atoms with Crippen LogP contribution in [0.3, 0.4) is 0 Å². The second kappa shape index (κ2) is 9.66. The van der Waals surface area contributed by atoms with E-state index in [1.165, 1.54) is 6.08 Å². The zero-order chi connectivity index (χ0) is 19.8. The number of morpholine rings is 1. The number of esters is 1. The zero-order valence-corrected chi connectivity index (χ0v) is 15.8. The van der Waals surface area contributed by atoms with Gasteiger partial charge in [0.05, 0.1) is 25.4 Å². The number of carbonyl (C=O) groups is 2. The van der Waals surface area contributed by atoms with Gasteiger partial charge in [-0.15, -0.1) is 0 Å². The van der Waals surface area contributed by atoms with Crippen LogP contribution in [0.1, 0.15) is 22.8 Å². The Kier molecular flexibility index (Phi) is 6.75. The molecule has 1 amide bonds. The van der Waals surface area contributed by atoms with Gasteiger partial charge in [-0.25, -0.2) is 9.78 Å². The standard InChI is InChI=1S/C21H23N3O4/c1-2-28-20(25)10-5-16-3-7-18(8-4-16)23-21(26)17-6-9-19(22-15-17)24-11-13-27-14-12-24/h3-10,15H,2,11-14H2,1H3,(H,23,26)/b10-5+. The van der Waals surface area contributed by atoms with E-state index in [1.807, 2.05) is 18.2 Å². The Labute approximate surface area is 164 Å². The molecule has 0 radical (unpaired) electrons. The molecule has 0 saturated carbocycles. The average Bonchev–Trinajstić information content (AvgIpc) is 2.74. The predicted octanol–water partition coefficient (Wildman–Crippen LogP) is 2.75. The monoisotopic (exact) mass is 381 g/mol. The zero-order valence-electron chi connectivity index (χ0n) is 15.8. The molecule has 0 unspecified atom stereocenters. The molecule has 0 bridgehead atoms.